The molecule has 0 aromatic carbocycles. The Balaban J connectivity index is 2.75. The van der Waals surface area contributed by atoms with Crippen molar-refractivity contribution >= 4 is 17.2 Å². The molecular weight excluding hydrogens is 256 g/mol. The van der Waals surface area contributed by atoms with E-state index in [1.165, 1.54) is 11.3 Å². The number of rotatable bonds is 8. The predicted octanol–water partition coefficient (Wildman–Crippen LogP) is 4.14. The lowest BCUT2D eigenvalue weighted by Gasteiger charge is -2.22. The number of hydrogen-bond acceptors (Lipinski definition) is 2. The number of unbranched alkanes of at least 4 members (excludes halogenated alkanes) is 2. The van der Waals surface area contributed by atoms with Gasteiger partial charge in [-0.1, -0.05) is 26.7 Å². The normalized spacial score (nSPS) is 11.8. The molecule has 0 radical (unpaired) electrons. The van der Waals surface area contributed by atoms with E-state index in [1.54, 1.807) is 0 Å². The molecule has 0 bridgehead atoms. The average Bonchev–Trinajstić information content (AvgIpc) is 2.93. The van der Waals surface area contributed by atoms with Crippen LogP contribution in [0.2, 0.25) is 0 Å². The highest BCUT2D eigenvalue weighted by molar-refractivity contribution is 7.08. The van der Waals surface area contributed by atoms with Crippen molar-refractivity contribution in [3.63, 3.8) is 0 Å². The van der Waals surface area contributed by atoms with Crippen molar-refractivity contribution in [1.29, 1.82) is 0 Å². The lowest BCUT2D eigenvalue weighted by Crippen LogP contribution is -2.35. The van der Waals surface area contributed by atoms with E-state index in [9.17, 15) is 4.79 Å². The van der Waals surface area contributed by atoms with Crippen LogP contribution in [0.15, 0.2) is 16.8 Å². The first-order valence-corrected chi connectivity index (χ1v) is 7.86. The molecule has 0 fully saturated rings. The summed E-state index contributed by atoms with van der Waals surface area (Å²) in [5.74, 6) is -0.0321. The van der Waals surface area contributed by atoms with E-state index in [4.69, 9.17) is 6.57 Å². The predicted molar refractivity (Wildman–Crippen MR) is 80.1 cm³/mol. The largest absolute Gasteiger partial charge is 0.336 e. The van der Waals surface area contributed by atoms with E-state index in [2.05, 4.69) is 18.7 Å². The maximum Gasteiger partial charge on any atom is 0.326 e. The Morgan fingerprint density at radius 1 is 1.37 bits per heavy atom. The van der Waals surface area contributed by atoms with Crippen molar-refractivity contribution in [3.8, 4) is 0 Å². The zero-order valence-electron chi connectivity index (χ0n) is 11.8. The molecule has 1 rings (SSSR count). The van der Waals surface area contributed by atoms with E-state index < -0.39 is 6.04 Å². The van der Waals surface area contributed by atoms with Crippen molar-refractivity contribution < 1.29 is 4.79 Å². The first kappa shape index (κ1) is 15.7. The molecule has 0 saturated carbocycles. The van der Waals surface area contributed by atoms with Crippen LogP contribution in [0.3, 0.4) is 0 Å². The molecule has 1 amide bonds. The lowest BCUT2D eigenvalue weighted by atomic mass is 10.1. The molecule has 3 nitrogen and oxygen atoms in total. The van der Waals surface area contributed by atoms with E-state index in [0.717, 1.165) is 44.3 Å². The summed E-state index contributed by atoms with van der Waals surface area (Å²) in [5, 5.41) is 3.82. The summed E-state index contributed by atoms with van der Waals surface area (Å²) < 4.78 is 0. The molecule has 104 valence electrons. The molecule has 0 N–H and O–H groups in total. The van der Waals surface area contributed by atoms with Crippen LogP contribution >= 0.6 is 11.3 Å². The highest BCUT2D eigenvalue weighted by Gasteiger charge is 2.30. The van der Waals surface area contributed by atoms with Crippen molar-refractivity contribution in [3.05, 3.63) is 33.8 Å². The maximum atomic E-state index is 12.5. The van der Waals surface area contributed by atoms with Crippen molar-refractivity contribution in [1.82, 2.24) is 4.90 Å². The standard InChI is InChI=1S/C15H22N2OS/c1-4-6-9-17(10-7-5-2)15(18)14(16-3)13-8-11-19-12-13/h8,11-12,14H,4-7,9-10H2,1-2H3. The summed E-state index contributed by atoms with van der Waals surface area (Å²) in [6.07, 6.45) is 4.14. The van der Waals surface area contributed by atoms with E-state index in [0.29, 0.717) is 0 Å². The summed E-state index contributed by atoms with van der Waals surface area (Å²) in [4.78, 5) is 17.9. The van der Waals surface area contributed by atoms with Crippen molar-refractivity contribution in [2.24, 2.45) is 0 Å². The Kier molecular flexibility index (Phi) is 7.20. The van der Waals surface area contributed by atoms with Gasteiger partial charge >= 0.3 is 11.9 Å². The second-order valence-electron chi connectivity index (χ2n) is 4.62. The van der Waals surface area contributed by atoms with Crippen LogP contribution < -0.4 is 0 Å². The number of nitrogens with zero attached hydrogens (tertiary/aromatic N) is 2. The summed E-state index contributed by atoms with van der Waals surface area (Å²) in [6, 6.07) is 1.23. The molecule has 19 heavy (non-hydrogen) atoms. The third-order valence-corrected chi connectivity index (χ3v) is 3.80. The Hall–Kier alpha value is -1.34. The molecular formula is C15H22N2OS. The highest BCUT2D eigenvalue weighted by atomic mass is 32.1. The smallest absolute Gasteiger partial charge is 0.326 e. The number of amides is 1. The topological polar surface area (TPSA) is 24.7 Å². The first-order valence-electron chi connectivity index (χ1n) is 6.92. The third kappa shape index (κ3) is 4.68. The molecule has 1 aromatic rings. The van der Waals surface area contributed by atoms with Crippen LogP contribution in [0.25, 0.3) is 4.85 Å². The van der Waals surface area contributed by atoms with Gasteiger partial charge in [0.05, 0.1) is 5.56 Å². The van der Waals surface area contributed by atoms with Crippen molar-refractivity contribution in [2.75, 3.05) is 13.1 Å². The fourth-order valence-corrected chi connectivity index (χ4v) is 2.58. The van der Waals surface area contributed by atoms with Crippen LogP contribution in [-0.4, -0.2) is 23.9 Å². The molecule has 4 heteroatoms. The zero-order valence-corrected chi connectivity index (χ0v) is 12.6. The monoisotopic (exact) mass is 278 g/mol. The zero-order chi connectivity index (χ0) is 14.1. The lowest BCUT2D eigenvalue weighted by molar-refractivity contribution is -0.132. The maximum absolute atomic E-state index is 12.5. The van der Waals surface area contributed by atoms with Gasteiger partial charge in [0.15, 0.2) is 0 Å². The van der Waals surface area contributed by atoms with Crippen molar-refractivity contribution in [2.45, 2.75) is 45.6 Å². The Morgan fingerprint density at radius 3 is 2.42 bits per heavy atom. The minimum absolute atomic E-state index is 0.0321. The summed E-state index contributed by atoms with van der Waals surface area (Å²) in [5.41, 5.74) is 0.836. The van der Waals surface area contributed by atoms with E-state index in [1.807, 2.05) is 21.7 Å². The highest BCUT2D eigenvalue weighted by Crippen LogP contribution is 2.23. The molecule has 1 aromatic heterocycles. The minimum Gasteiger partial charge on any atom is -0.336 e. The molecule has 1 atom stereocenters. The summed E-state index contributed by atoms with van der Waals surface area (Å²) >= 11 is 1.53. The number of thiophene rings is 1. The van der Waals surface area contributed by atoms with Crippen LogP contribution in [0.5, 0.6) is 0 Å². The summed E-state index contributed by atoms with van der Waals surface area (Å²) in [7, 11) is 0. The molecule has 0 aliphatic heterocycles. The van der Waals surface area contributed by atoms with Gasteiger partial charge in [-0.3, -0.25) is 9.64 Å². The molecule has 0 saturated heterocycles. The van der Waals surface area contributed by atoms with Gasteiger partial charge in [-0.15, -0.1) is 0 Å². The quantitative estimate of drug-likeness (QED) is 0.656. The van der Waals surface area contributed by atoms with Crippen LogP contribution in [0.1, 0.15) is 51.1 Å². The summed E-state index contributed by atoms with van der Waals surface area (Å²) in [6.45, 7) is 13.1. The van der Waals surface area contributed by atoms with Gasteiger partial charge in [0.1, 0.15) is 0 Å². The average molecular weight is 278 g/mol. The van der Waals surface area contributed by atoms with Gasteiger partial charge in [-0.05, 0) is 24.3 Å². The second kappa shape index (κ2) is 8.71. The van der Waals surface area contributed by atoms with Crippen LogP contribution in [0.4, 0.5) is 0 Å². The minimum atomic E-state index is -0.653. The fraction of sp³-hybridized carbons (Fsp3) is 0.600. The van der Waals surface area contributed by atoms with E-state index in [-0.39, 0.29) is 5.91 Å². The Morgan fingerprint density at radius 2 is 2.00 bits per heavy atom. The van der Waals surface area contributed by atoms with Gasteiger partial charge in [-0.25, -0.2) is 6.57 Å². The molecule has 0 spiro atoms. The molecule has 0 aliphatic rings. The molecule has 1 unspecified atom stereocenters. The Labute approximate surface area is 120 Å². The Bertz CT molecular complexity index is 400. The first-order chi connectivity index (χ1) is 9.24. The molecule has 0 aliphatic carbocycles. The molecule has 1 heterocycles. The van der Waals surface area contributed by atoms with Gasteiger partial charge in [0.2, 0.25) is 0 Å². The number of hydrogen-bond donors (Lipinski definition) is 0. The van der Waals surface area contributed by atoms with Gasteiger partial charge in [0.25, 0.3) is 0 Å². The van der Waals surface area contributed by atoms with Crippen LogP contribution in [-0.2, 0) is 4.79 Å². The second-order valence-corrected chi connectivity index (χ2v) is 5.40. The van der Waals surface area contributed by atoms with Gasteiger partial charge < -0.3 is 4.90 Å². The van der Waals surface area contributed by atoms with Crippen LogP contribution in [0, 0.1) is 6.57 Å². The van der Waals surface area contributed by atoms with Gasteiger partial charge in [0, 0.05) is 18.5 Å². The number of carbonyl (C=O) groups excluding carboxylic acids is 1. The SMILES string of the molecule is [C-]#[N+]C(C(=O)N(CCCC)CCCC)c1ccsc1. The third-order valence-electron chi connectivity index (χ3n) is 3.10. The van der Waals surface area contributed by atoms with E-state index >= 15 is 0 Å². The van der Waals surface area contributed by atoms with Gasteiger partial charge in [-0.2, -0.15) is 11.3 Å². The number of carbonyl (C=O) groups is 1. The fourth-order valence-electron chi connectivity index (χ4n) is 1.91.